The number of hydrogen-bond donors (Lipinski definition) is 1. The monoisotopic (exact) mass is 304 g/mol. The van der Waals surface area contributed by atoms with Crippen LogP contribution in [0.4, 0.5) is 0 Å². The molecule has 1 heterocycles. The summed E-state index contributed by atoms with van der Waals surface area (Å²) in [7, 11) is 0. The predicted molar refractivity (Wildman–Crippen MR) is 87.1 cm³/mol. The molecule has 0 aliphatic heterocycles. The van der Waals surface area contributed by atoms with E-state index in [4.69, 9.17) is 16.3 Å². The fourth-order valence-corrected chi connectivity index (χ4v) is 2.06. The highest BCUT2D eigenvalue weighted by molar-refractivity contribution is 6.30. The summed E-state index contributed by atoms with van der Waals surface area (Å²) in [4.78, 5) is 4.41. The van der Waals surface area contributed by atoms with Crippen molar-refractivity contribution in [3.63, 3.8) is 0 Å². The zero-order valence-corrected chi connectivity index (χ0v) is 13.7. The van der Waals surface area contributed by atoms with Crippen molar-refractivity contribution in [1.82, 2.24) is 10.3 Å². The zero-order chi connectivity index (χ0) is 15.5. The van der Waals surface area contributed by atoms with Gasteiger partial charge in [-0.2, -0.15) is 0 Å². The lowest BCUT2D eigenvalue weighted by Crippen LogP contribution is -2.35. The fourth-order valence-electron chi connectivity index (χ4n) is 1.88. The molecule has 0 saturated carbocycles. The maximum absolute atomic E-state index is 5.96. The van der Waals surface area contributed by atoms with Crippen LogP contribution in [0.2, 0.25) is 5.02 Å². The molecule has 2 rings (SSSR count). The number of aromatic nitrogens is 1. The summed E-state index contributed by atoms with van der Waals surface area (Å²) < 4.78 is 5.79. The summed E-state index contributed by atoms with van der Waals surface area (Å²) in [5.41, 5.74) is 2.15. The second-order valence-electron chi connectivity index (χ2n) is 6.12. The van der Waals surface area contributed by atoms with Gasteiger partial charge in [-0.15, -0.1) is 0 Å². The number of hydrogen-bond acceptors (Lipinski definition) is 3. The topological polar surface area (TPSA) is 34.1 Å². The van der Waals surface area contributed by atoms with Crippen LogP contribution in [-0.4, -0.2) is 10.5 Å². The third-order valence-electron chi connectivity index (χ3n) is 2.83. The molecule has 1 N–H and O–H groups in total. The summed E-state index contributed by atoms with van der Waals surface area (Å²) in [6.45, 7) is 9.17. The first-order valence-corrected chi connectivity index (χ1v) is 7.36. The van der Waals surface area contributed by atoms with Crippen molar-refractivity contribution in [2.75, 3.05) is 0 Å². The van der Waals surface area contributed by atoms with Crippen molar-refractivity contribution in [1.29, 1.82) is 0 Å². The van der Waals surface area contributed by atoms with Crippen molar-refractivity contribution in [2.24, 2.45) is 0 Å². The number of aryl methyl sites for hydroxylation is 1. The molecule has 1 aromatic heterocycles. The van der Waals surface area contributed by atoms with Crippen molar-refractivity contribution in [2.45, 2.75) is 39.8 Å². The molecule has 2 aromatic rings. The Balaban J connectivity index is 2.15. The Morgan fingerprint density at radius 1 is 1.19 bits per heavy atom. The molecule has 21 heavy (non-hydrogen) atoms. The Labute approximate surface area is 131 Å². The van der Waals surface area contributed by atoms with Crippen LogP contribution in [0.25, 0.3) is 0 Å². The van der Waals surface area contributed by atoms with E-state index in [1.165, 1.54) is 0 Å². The molecule has 0 unspecified atom stereocenters. The van der Waals surface area contributed by atoms with Gasteiger partial charge < -0.3 is 10.1 Å². The minimum Gasteiger partial charge on any atom is -0.439 e. The van der Waals surface area contributed by atoms with Gasteiger partial charge in [0.2, 0.25) is 5.88 Å². The number of nitrogens with zero attached hydrogens (tertiary/aromatic N) is 1. The minimum atomic E-state index is 0.0746. The van der Waals surface area contributed by atoms with Crippen LogP contribution in [0.1, 0.15) is 32.0 Å². The van der Waals surface area contributed by atoms with Crippen molar-refractivity contribution in [3.05, 3.63) is 52.7 Å². The Morgan fingerprint density at radius 2 is 1.95 bits per heavy atom. The maximum atomic E-state index is 5.96. The third-order valence-corrected chi connectivity index (χ3v) is 3.07. The molecule has 4 heteroatoms. The van der Waals surface area contributed by atoms with Crippen molar-refractivity contribution in [3.8, 4) is 11.6 Å². The molecule has 0 spiro atoms. The normalized spacial score (nSPS) is 11.5. The van der Waals surface area contributed by atoms with E-state index in [1.54, 1.807) is 6.07 Å². The molecular formula is C17H21ClN2O. The second-order valence-corrected chi connectivity index (χ2v) is 6.55. The van der Waals surface area contributed by atoms with Gasteiger partial charge in [-0.05, 0) is 57.5 Å². The fraction of sp³-hybridized carbons (Fsp3) is 0.353. The third kappa shape index (κ3) is 5.37. The summed E-state index contributed by atoms with van der Waals surface area (Å²) in [6.07, 6.45) is 0. The predicted octanol–water partition coefficient (Wildman–Crippen LogP) is 4.72. The van der Waals surface area contributed by atoms with E-state index in [0.717, 1.165) is 17.8 Å². The van der Waals surface area contributed by atoms with Gasteiger partial charge in [-0.3, -0.25) is 0 Å². The van der Waals surface area contributed by atoms with Crippen LogP contribution < -0.4 is 10.1 Å². The van der Waals surface area contributed by atoms with Crippen LogP contribution in [-0.2, 0) is 6.54 Å². The van der Waals surface area contributed by atoms with E-state index in [1.807, 2.05) is 31.2 Å². The smallest absolute Gasteiger partial charge is 0.219 e. The van der Waals surface area contributed by atoms with Crippen molar-refractivity contribution < 1.29 is 4.74 Å². The Morgan fingerprint density at radius 3 is 2.62 bits per heavy atom. The quantitative estimate of drug-likeness (QED) is 0.887. The first kappa shape index (κ1) is 15.8. The lowest BCUT2D eigenvalue weighted by molar-refractivity contribution is 0.421. The highest BCUT2D eigenvalue weighted by Gasteiger charge is 2.10. The van der Waals surface area contributed by atoms with Gasteiger partial charge in [0.15, 0.2) is 0 Å². The van der Waals surface area contributed by atoms with Gasteiger partial charge in [0.05, 0.1) is 0 Å². The van der Waals surface area contributed by atoms with Gasteiger partial charge in [0.25, 0.3) is 0 Å². The minimum absolute atomic E-state index is 0.0746. The van der Waals surface area contributed by atoms with Gasteiger partial charge in [-0.1, -0.05) is 17.7 Å². The van der Waals surface area contributed by atoms with Crippen molar-refractivity contribution >= 4 is 11.6 Å². The van der Waals surface area contributed by atoms with E-state index in [2.05, 4.69) is 37.1 Å². The SMILES string of the molecule is Cc1cc(CNC(C)(C)C)cc(Oc2cccc(Cl)c2)n1. The molecule has 0 fully saturated rings. The van der Waals surface area contributed by atoms with E-state index in [9.17, 15) is 0 Å². The van der Waals surface area contributed by atoms with Crippen LogP contribution in [0.3, 0.4) is 0 Å². The molecular weight excluding hydrogens is 284 g/mol. The van der Waals surface area contributed by atoms with Gasteiger partial charge in [0, 0.05) is 28.9 Å². The summed E-state index contributed by atoms with van der Waals surface area (Å²) in [5.74, 6) is 1.28. The number of nitrogens with one attached hydrogen (secondary N) is 1. The lowest BCUT2D eigenvalue weighted by atomic mass is 10.1. The largest absolute Gasteiger partial charge is 0.439 e. The summed E-state index contributed by atoms with van der Waals surface area (Å²) in [6, 6.07) is 11.3. The molecule has 0 radical (unpaired) electrons. The molecule has 0 atom stereocenters. The number of halogens is 1. The molecule has 0 bridgehead atoms. The molecule has 1 aromatic carbocycles. The molecule has 0 amide bonds. The van der Waals surface area contributed by atoms with Crippen LogP contribution in [0, 0.1) is 6.92 Å². The molecule has 0 aliphatic carbocycles. The van der Waals surface area contributed by atoms with E-state index in [-0.39, 0.29) is 5.54 Å². The Hall–Kier alpha value is -1.58. The first-order valence-electron chi connectivity index (χ1n) is 6.98. The van der Waals surface area contributed by atoms with E-state index in [0.29, 0.717) is 16.7 Å². The first-order chi connectivity index (χ1) is 9.82. The van der Waals surface area contributed by atoms with Gasteiger partial charge >= 0.3 is 0 Å². The molecule has 3 nitrogen and oxygen atoms in total. The van der Waals surface area contributed by atoms with Crippen LogP contribution >= 0.6 is 11.6 Å². The highest BCUT2D eigenvalue weighted by atomic mass is 35.5. The van der Waals surface area contributed by atoms with Crippen LogP contribution in [0.5, 0.6) is 11.6 Å². The Kier molecular flexibility index (Phi) is 4.86. The summed E-state index contributed by atoms with van der Waals surface area (Å²) in [5, 5.41) is 4.11. The van der Waals surface area contributed by atoms with Crippen LogP contribution in [0.15, 0.2) is 36.4 Å². The number of ether oxygens (including phenoxy) is 1. The summed E-state index contributed by atoms with van der Waals surface area (Å²) >= 11 is 5.96. The van der Waals surface area contributed by atoms with Gasteiger partial charge in [0.1, 0.15) is 5.75 Å². The second kappa shape index (κ2) is 6.46. The molecule has 112 valence electrons. The molecule has 0 saturated heterocycles. The maximum Gasteiger partial charge on any atom is 0.219 e. The lowest BCUT2D eigenvalue weighted by Gasteiger charge is -2.20. The number of benzene rings is 1. The zero-order valence-electron chi connectivity index (χ0n) is 12.9. The number of rotatable bonds is 4. The van der Waals surface area contributed by atoms with Gasteiger partial charge in [-0.25, -0.2) is 4.98 Å². The average Bonchev–Trinajstić information content (AvgIpc) is 2.35. The highest BCUT2D eigenvalue weighted by Crippen LogP contribution is 2.24. The average molecular weight is 305 g/mol. The van der Waals surface area contributed by atoms with E-state index >= 15 is 0 Å². The molecule has 0 aliphatic rings. The van der Waals surface area contributed by atoms with E-state index < -0.39 is 0 Å². The standard InChI is InChI=1S/C17H21ClN2O/c1-12-8-13(11-19-17(2,3)4)9-16(20-12)21-15-7-5-6-14(18)10-15/h5-10,19H,11H2,1-4H3. The Bertz CT molecular complexity index is 620. The number of pyridine rings is 1.